The zero-order valence-corrected chi connectivity index (χ0v) is 10.7. The van der Waals surface area contributed by atoms with E-state index in [9.17, 15) is 9.59 Å². The van der Waals surface area contributed by atoms with Gasteiger partial charge >= 0.3 is 6.09 Å². The Bertz CT molecular complexity index is 544. The average molecular weight is 286 g/mol. The maximum Gasteiger partial charge on any atom is 0.407 e. The number of rotatable bonds is 3. The molecule has 0 aliphatic carbocycles. The van der Waals surface area contributed by atoms with Crippen LogP contribution >= 0.6 is 11.6 Å². The maximum absolute atomic E-state index is 12.1. The highest BCUT2D eigenvalue weighted by molar-refractivity contribution is 6.29. The minimum Gasteiger partial charge on any atom is -0.465 e. The molecule has 1 aromatic rings. The lowest BCUT2D eigenvalue weighted by Crippen LogP contribution is -2.45. The number of halogens is 1. The van der Waals surface area contributed by atoms with Crippen molar-refractivity contribution in [2.45, 2.75) is 25.4 Å². The Hall–Kier alpha value is -1.89. The summed E-state index contributed by atoms with van der Waals surface area (Å²) in [5, 5.41) is 11.7. The standard InChI is InChI=1S/C11H13ClN4O3/c12-9-7(13-3-4-14-9)6-15-10(17)8-2-1-5-16(8)11(18)19/h3-4,8H,1-2,5-6H2,(H,15,17)(H,18,19)/t8-/m0/s1/i8D. The van der Waals surface area contributed by atoms with Crippen molar-refractivity contribution in [1.29, 1.82) is 0 Å². The average Bonchev–Trinajstić information content (AvgIpc) is 2.81. The van der Waals surface area contributed by atoms with Crippen molar-refractivity contribution < 1.29 is 16.1 Å². The SMILES string of the molecule is [2H][C@@]1(C(=O)NCc2nccnc2Cl)CCCN1C(=O)O. The van der Waals surface area contributed by atoms with Gasteiger partial charge in [-0.1, -0.05) is 11.6 Å². The molecule has 0 saturated carbocycles. The van der Waals surface area contributed by atoms with Crippen molar-refractivity contribution in [3.05, 3.63) is 23.2 Å². The molecule has 19 heavy (non-hydrogen) atoms. The number of aromatic nitrogens is 2. The van der Waals surface area contributed by atoms with Crippen LogP contribution in [0, 0.1) is 0 Å². The van der Waals surface area contributed by atoms with Crippen LogP contribution in [-0.4, -0.2) is 44.5 Å². The van der Waals surface area contributed by atoms with E-state index in [0.717, 1.165) is 4.90 Å². The van der Waals surface area contributed by atoms with Gasteiger partial charge in [-0.3, -0.25) is 14.7 Å². The van der Waals surface area contributed by atoms with Gasteiger partial charge in [0.25, 0.3) is 0 Å². The van der Waals surface area contributed by atoms with Crippen LogP contribution in [0.25, 0.3) is 0 Å². The predicted octanol–water partition coefficient (Wildman–Crippen LogP) is 0.889. The van der Waals surface area contributed by atoms with Crippen LogP contribution in [0.5, 0.6) is 0 Å². The number of carbonyl (C=O) groups is 2. The van der Waals surface area contributed by atoms with Crippen LogP contribution in [0.3, 0.4) is 0 Å². The van der Waals surface area contributed by atoms with Crippen LogP contribution in [0.4, 0.5) is 4.79 Å². The van der Waals surface area contributed by atoms with Crippen LogP contribution in [0.2, 0.25) is 5.15 Å². The molecule has 2 N–H and O–H groups in total. The second-order valence-electron chi connectivity index (χ2n) is 3.96. The third-order valence-electron chi connectivity index (χ3n) is 2.75. The van der Waals surface area contributed by atoms with Gasteiger partial charge in [-0.2, -0.15) is 0 Å². The molecule has 8 heteroatoms. The van der Waals surface area contributed by atoms with Gasteiger partial charge in [0.2, 0.25) is 5.91 Å². The summed E-state index contributed by atoms with van der Waals surface area (Å²) in [7, 11) is 0. The predicted molar refractivity (Wildman–Crippen MR) is 66.6 cm³/mol. The van der Waals surface area contributed by atoms with E-state index in [1.165, 1.54) is 12.4 Å². The summed E-state index contributed by atoms with van der Waals surface area (Å²) in [6, 6.07) is -1.79. The normalized spacial score (nSPS) is 23.0. The third-order valence-corrected chi connectivity index (χ3v) is 3.07. The Kier molecular flexibility index (Phi) is 3.73. The first-order valence-electron chi connectivity index (χ1n) is 6.19. The number of amides is 2. The fourth-order valence-corrected chi connectivity index (χ4v) is 2.03. The molecule has 2 heterocycles. The Labute approximate surface area is 116 Å². The zero-order valence-electron chi connectivity index (χ0n) is 11.0. The fraction of sp³-hybridized carbons (Fsp3) is 0.455. The molecular weight excluding hydrogens is 272 g/mol. The zero-order chi connectivity index (χ0) is 14.8. The molecule has 0 unspecified atom stereocenters. The molecular formula is C11H13ClN4O3. The van der Waals surface area contributed by atoms with Gasteiger partial charge < -0.3 is 10.4 Å². The number of carbonyl (C=O) groups excluding carboxylic acids is 1. The first-order chi connectivity index (χ1) is 9.45. The Balaban J connectivity index is 2.05. The van der Waals surface area contributed by atoms with E-state index in [1.807, 2.05) is 0 Å². The summed E-state index contributed by atoms with van der Waals surface area (Å²) in [4.78, 5) is 31.7. The second-order valence-corrected chi connectivity index (χ2v) is 4.32. The smallest absolute Gasteiger partial charge is 0.407 e. The summed E-state index contributed by atoms with van der Waals surface area (Å²) in [6.07, 6.45) is 2.23. The van der Waals surface area contributed by atoms with Gasteiger partial charge in [0.1, 0.15) is 6.02 Å². The molecule has 0 bridgehead atoms. The molecule has 1 fully saturated rings. The van der Waals surface area contributed by atoms with Gasteiger partial charge in [0.05, 0.1) is 13.6 Å². The Morgan fingerprint density at radius 3 is 3.00 bits per heavy atom. The number of likely N-dealkylation sites (tertiary alicyclic amines) is 1. The first kappa shape index (κ1) is 12.2. The summed E-state index contributed by atoms with van der Waals surface area (Å²) < 4.78 is 8.06. The van der Waals surface area contributed by atoms with Crippen LogP contribution in [0.1, 0.15) is 19.9 Å². The molecule has 7 nitrogen and oxygen atoms in total. The molecule has 0 aromatic carbocycles. The molecule has 2 rings (SSSR count). The fourth-order valence-electron chi connectivity index (χ4n) is 1.86. The van der Waals surface area contributed by atoms with Crippen molar-refractivity contribution in [2.75, 3.05) is 6.54 Å². The van der Waals surface area contributed by atoms with Gasteiger partial charge in [-0.15, -0.1) is 0 Å². The van der Waals surface area contributed by atoms with Crippen LogP contribution in [0.15, 0.2) is 12.4 Å². The molecule has 0 spiro atoms. The Morgan fingerprint density at radius 2 is 2.32 bits per heavy atom. The molecule has 2 amide bonds. The van der Waals surface area contributed by atoms with E-state index in [2.05, 4.69) is 15.3 Å². The van der Waals surface area contributed by atoms with Crippen molar-refractivity contribution in [3.63, 3.8) is 0 Å². The quantitative estimate of drug-likeness (QED) is 0.860. The molecule has 1 aliphatic rings. The maximum atomic E-state index is 12.1. The number of nitrogens with one attached hydrogen (secondary N) is 1. The lowest BCUT2D eigenvalue weighted by atomic mass is 10.2. The summed E-state index contributed by atoms with van der Waals surface area (Å²) in [5.41, 5.74) is 0.367. The van der Waals surface area contributed by atoms with Gasteiger partial charge in [0, 0.05) is 18.9 Å². The molecule has 1 aliphatic heterocycles. The number of carboxylic acid groups (broad SMARTS) is 1. The summed E-state index contributed by atoms with van der Waals surface area (Å²) in [5.74, 6) is -0.681. The van der Waals surface area contributed by atoms with E-state index in [-0.39, 0.29) is 24.7 Å². The largest absolute Gasteiger partial charge is 0.465 e. The minimum absolute atomic E-state index is 0.000401. The van der Waals surface area contributed by atoms with Gasteiger partial charge in [0.15, 0.2) is 5.15 Å². The highest BCUT2D eigenvalue weighted by Crippen LogP contribution is 2.17. The number of hydrogen-bond donors (Lipinski definition) is 2. The van der Waals surface area contributed by atoms with E-state index < -0.39 is 18.0 Å². The minimum atomic E-state index is -1.79. The van der Waals surface area contributed by atoms with Crippen molar-refractivity contribution in [1.82, 2.24) is 20.2 Å². The highest BCUT2D eigenvalue weighted by Gasteiger charge is 2.33. The van der Waals surface area contributed by atoms with Crippen LogP contribution in [-0.2, 0) is 11.3 Å². The van der Waals surface area contributed by atoms with Gasteiger partial charge in [-0.25, -0.2) is 9.78 Å². The van der Waals surface area contributed by atoms with E-state index in [1.54, 1.807) is 0 Å². The third kappa shape index (κ3) is 3.11. The van der Waals surface area contributed by atoms with E-state index >= 15 is 0 Å². The van der Waals surface area contributed by atoms with Crippen molar-refractivity contribution in [2.24, 2.45) is 0 Å². The topological polar surface area (TPSA) is 95.4 Å². The lowest BCUT2D eigenvalue weighted by Gasteiger charge is -2.20. The van der Waals surface area contributed by atoms with Gasteiger partial charge in [-0.05, 0) is 12.8 Å². The monoisotopic (exact) mass is 285 g/mol. The lowest BCUT2D eigenvalue weighted by molar-refractivity contribution is -0.125. The summed E-state index contributed by atoms with van der Waals surface area (Å²) >= 11 is 5.80. The molecule has 102 valence electrons. The molecule has 1 aromatic heterocycles. The van der Waals surface area contributed by atoms with Crippen LogP contribution < -0.4 is 5.32 Å². The summed E-state index contributed by atoms with van der Waals surface area (Å²) in [6.45, 7) is 0.178. The highest BCUT2D eigenvalue weighted by atomic mass is 35.5. The molecule has 1 saturated heterocycles. The second kappa shape index (κ2) is 5.83. The van der Waals surface area contributed by atoms with Crippen molar-refractivity contribution >= 4 is 23.6 Å². The first-order valence-corrected chi connectivity index (χ1v) is 6.07. The van der Waals surface area contributed by atoms with Crippen molar-refractivity contribution in [3.8, 4) is 0 Å². The molecule has 1 atom stereocenters. The number of hydrogen-bond acceptors (Lipinski definition) is 4. The molecule has 0 radical (unpaired) electrons. The number of nitrogens with zero attached hydrogens (tertiary/aromatic N) is 3. The van der Waals surface area contributed by atoms with E-state index in [0.29, 0.717) is 12.1 Å². The van der Waals surface area contributed by atoms with E-state index in [4.69, 9.17) is 18.1 Å². The Morgan fingerprint density at radius 1 is 1.58 bits per heavy atom.